The van der Waals surface area contributed by atoms with Crippen molar-refractivity contribution in [2.75, 3.05) is 19.6 Å². The van der Waals surface area contributed by atoms with Crippen molar-refractivity contribution in [3.63, 3.8) is 0 Å². The van der Waals surface area contributed by atoms with Crippen LogP contribution in [-0.2, 0) is 0 Å². The van der Waals surface area contributed by atoms with Crippen LogP contribution in [0, 0.1) is 9.49 Å². The van der Waals surface area contributed by atoms with Gasteiger partial charge in [-0.25, -0.2) is 4.79 Å². The molecule has 0 unspecified atom stereocenters. The quantitative estimate of drug-likeness (QED) is 0.779. The number of carbonyl (C=O) groups excluding carboxylic acids is 1. The van der Waals surface area contributed by atoms with Gasteiger partial charge in [-0.15, -0.1) is 0 Å². The Balaban J connectivity index is 1.65. The van der Waals surface area contributed by atoms with Crippen LogP contribution in [0.4, 0.5) is 4.79 Å². The van der Waals surface area contributed by atoms with Gasteiger partial charge < -0.3 is 10.2 Å². The van der Waals surface area contributed by atoms with E-state index in [9.17, 15) is 4.79 Å². The monoisotopic (exact) mass is 342 g/mol. The van der Waals surface area contributed by atoms with E-state index < -0.39 is 0 Å². The molecule has 6 heteroatoms. The Labute approximate surface area is 114 Å². The van der Waals surface area contributed by atoms with Gasteiger partial charge in [-0.05, 0) is 54.4 Å². The summed E-state index contributed by atoms with van der Waals surface area (Å²) in [6.07, 6.45) is 5.86. The van der Waals surface area contributed by atoms with Crippen LogP contribution >= 0.6 is 22.6 Å². The third-order valence-corrected chi connectivity index (χ3v) is 4.28. The number of nitrogens with zero attached hydrogens (tertiary/aromatic N) is 3. The van der Waals surface area contributed by atoms with Gasteiger partial charge in [-0.3, -0.25) is 0 Å². The van der Waals surface area contributed by atoms with E-state index in [2.05, 4.69) is 37.9 Å². The third kappa shape index (κ3) is 2.33. The van der Waals surface area contributed by atoms with E-state index in [0.717, 1.165) is 10.1 Å². The van der Waals surface area contributed by atoms with Crippen LogP contribution in [0.2, 0.25) is 0 Å². The summed E-state index contributed by atoms with van der Waals surface area (Å²) < 4.78 is 2.37. The molecule has 5 nitrogen and oxygen atoms in total. The number of hydrogen-bond donors (Lipinski definition) is 1. The van der Waals surface area contributed by atoms with E-state index in [1.165, 1.54) is 30.6 Å². The zero-order valence-corrected chi connectivity index (χ0v) is 11.6. The van der Waals surface area contributed by atoms with Crippen molar-refractivity contribution in [3.8, 4) is 0 Å². The summed E-state index contributed by atoms with van der Waals surface area (Å²) in [7, 11) is 0. The summed E-state index contributed by atoms with van der Waals surface area (Å²) in [6, 6.07) is 0.193. The van der Waals surface area contributed by atoms with Gasteiger partial charge in [0.1, 0.15) is 0 Å². The highest BCUT2D eigenvalue weighted by Gasteiger charge is 2.35. The van der Waals surface area contributed by atoms with Gasteiger partial charge in [-0.1, -0.05) is 0 Å². The lowest BCUT2D eigenvalue weighted by Gasteiger charge is -2.44. The fourth-order valence-corrected chi connectivity index (χ4v) is 3.15. The highest BCUT2D eigenvalue weighted by Crippen LogP contribution is 2.27. The number of piperidine rings is 3. The molecule has 0 saturated carbocycles. The molecule has 0 aromatic carbocycles. The van der Waals surface area contributed by atoms with Crippen molar-refractivity contribution < 1.29 is 4.79 Å². The maximum Gasteiger partial charge on any atom is 0.342 e. The normalized spacial score (nSPS) is 31.5. The van der Waals surface area contributed by atoms with Crippen LogP contribution < -0.4 is 5.32 Å². The van der Waals surface area contributed by atoms with E-state index in [1.54, 1.807) is 12.4 Å². The van der Waals surface area contributed by atoms with Gasteiger partial charge in [0, 0.05) is 18.8 Å². The molecule has 3 aliphatic rings. The molecular weight excluding hydrogens is 327 g/mol. The van der Waals surface area contributed by atoms with Crippen LogP contribution in [-0.4, -0.2) is 46.4 Å². The first kappa shape index (κ1) is 11.5. The van der Waals surface area contributed by atoms with Crippen molar-refractivity contribution in [1.29, 1.82) is 0 Å². The number of aromatic nitrogens is 2. The average molecular weight is 342 g/mol. The number of halogens is 1. The average Bonchev–Trinajstić information content (AvgIpc) is 2.77. The highest BCUT2D eigenvalue weighted by molar-refractivity contribution is 14.1. The van der Waals surface area contributed by atoms with Gasteiger partial charge in [-0.2, -0.15) is 9.78 Å². The zero-order valence-electron chi connectivity index (χ0n) is 9.47. The number of amides is 1. The maximum absolute atomic E-state index is 12.0. The van der Waals surface area contributed by atoms with Gasteiger partial charge in [0.25, 0.3) is 0 Å². The van der Waals surface area contributed by atoms with Crippen molar-refractivity contribution in [3.05, 3.63) is 16.0 Å². The van der Waals surface area contributed by atoms with E-state index >= 15 is 0 Å². The number of fused-ring (bicyclic) bond motifs is 3. The molecule has 92 valence electrons. The topological polar surface area (TPSA) is 50.2 Å². The lowest BCUT2D eigenvalue weighted by molar-refractivity contribution is 0.0765. The Bertz CT molecular complexity index is 425. The van der Waals surface area contributed by atoms with Crippen LogP contribution in [0.5, 0.6) is 0 Å². The Morgan fingerprint density at radius 3 is 2.76 bits per heavy atom. The molecule has 1 atom stereocenters. The minimum absolute atomic E-state index is 0.105. The predicted molar refractivity (Wildman–Crippen MR) is 71.8 cm³/mol. The standard InChI is InChI=1S/C11H15IN4O/c12-9-5-13-16(6-9)11(17)14-10-7-15-3-1-8(10)2-4-15/h5-6,8,10H,1-4,7H2,(H,14,17)/t10-/m0/s1/i12-4. The molecule has 1 N–H and O–H groups in total. The Morgan fingerprint density at radius 2 is 2.24 bits per heavy atom. The van der Waals surface area contributed by atoms with Crippen molar-refractivity contribution in [1.82, 2.24) is 20.0 Å². The molecule has 1 aromatic heterocycles. The first-order valence-corrected chi connectivity index (χ1v) is 7.03. The number of carbonyl (C=O) groups is 1. The van der Waals surface area contributed by atoms with E-state index in [0.29, 0.717) is 12.0 Å². The molecule has 3 aliphatic heterocycles. The maximum atomic E-state index is 12.0. The SMILES string of the molecule is O=C(N[C@H]1CN2CCC1CC2)n1cc([123I])cn1. The minimum atomic E-state index is -0.105. The lowest BCUT2D eigenvalue weighted by Crippen LogP contribution is -2.57. The molecular formula is C11H15IN4O. The fraction of sp³-hybridized carbons (Fsp3) is 0.636. The van der Waals surface area contributed by atoms with Gasteiger partial charge in [0.15, 0.2) is 0 Å². The number of hydrogen-bond acceptors (Lipinski definition) is 3. The van der Waals surface area contributed by atoms with Crippen LogP contribution in [0.25, 0.3) is 0 Å². The van der Waals surface area contributed by atoms with Crippen LogP contribution in [0.15, 0.2) is 12.4 Å². The molecule has 1 amide bonds. The highest BCUT2D eigenvalue weighted by atomic mass is 123. The first-order valence-electron chi connectivity index (χ1n) is 5.96. The second-order valence-corrected chi connectivity index (χ2v) is 6.04. The van der Waals surface area contributed by atoms with Crippen molar-refractivity contribution >= 4 is 28.6 Å². The van der Waals surface area contributed by atoms with Crippen LogP contribution in [0.3, 0.4) is 0 Å². The van der Waals surface area contributed by atoms with Crippen molar-refractivity contribution in [2.45, 2.75) is 18.9 Å². The van der Waals surface area contributed by atoms with Gasteiger partial charge >= 0.3 is 6.03 Å². The van der Waals surface area contributed by atoms with E-state index in [-0.39, 0.29) is 6.03 Å². The molecule has 0 aliphatic carbocycles. The number of nitrogens with one attached hydrogen (secondary N) is 1. The third-order valence-electron chi connectivity index (χ3n) is 3.72. The Kier molecular flexibility index (Phi) is 3.08. The molecule has 0 radical (unpaired) electrons. The molecule has 2 bridgehead atoms. The minimum Gasteiger partial charge on any atom is -0.332 e. The van der Waals surface area contributed by atoms with E-state index in [4.69, 9.17) is 0 Å². The lowest BCUT2D eigenvalue weighted by atomic mass is 9.84. The summed E-state index contributed by atoms with van der Waals surface area (Å²) in [5, 5.41) is 7.12. The molecule has 17 heavy (non-hydrogen) atoms. The summed E-state index contributed by atoms with van der Waals surface area (Å²) in [5.74, 6) is 0.651. The smallest absolute Gasteiger partial charge is 0.332 e. The molecule has 4 heterocycles. The molecule has 0 spiro atoms. The Hall–Kier alpha value is -0.630. The molecule has 3 saturated heterocycles. The Morgan fingerprint density at radius 1 is 1.47 bits per heavy atom. The second kappa shape index (κ2) is 4.56. The summed E-state index contributed by atoms with van der Waals surface area (Å²) >= 11 is 2.15. The zero-order chi connectivity index (χ0) is 11.8. The van der Waals surface area contributed by atoms with Gasteiger partial charge in [0.2, 0.25) is 0 Å². The van der Waals surface area contributed by atoms with Crippen LogP contribution in [0.1, 0.15) is 12.8 Å². The van der Waals surface area contributed by atoms with E-state index in [1.807, 2.05) is 0 Å². The summed E-state index contributed by atoms with van der Waals surface area (Å²) in [6.45, 7) is 3.38. The fourth-order valence-electron chi connectivity index (χ4n) is 2.77. The molecule has 3 fully saturated rings. The molecule has 1 aromatic rings. The second-order valence-electron chi connectivity index (χ2n) is 4.80. The van der Waals surface area contributed by atoms with Gasteiger partial charge in [0.05, 0.1) is 9.77 Å². The predicted octanol–water partition coefficient (Wildman–Crippen LogP) is 1.14. The number of rotatable bonds is 1. The van der Waals surface area contributed by atoms with Crippen molar-refractivity contribution in [2.24, 2.45) is 5.92 Å². The summed E-state index contributed by atoms with van der Waals surface area (Å²) in [5.41, 5.74) is 0. The molecule has 4 rings (SSSR count). The first-order chi connectivity index (χ1) is 8.22. The summed E-state index contributed by atoms with van der Waals surface area (Å²) in [4.78, 5) is 14.4. The largest absolute Gasteiger partial charge is 0.342 e.